The fourth-order valence-corrected chi connectivity index (χ4v) is 1.08. The summed E-state index contributed by atoms with van der Waals surface area (Å²) in [7, 11) is 0. The van der Waals surface area contributed by atoms with Crippen molar-refractivity contribution in [2.45, 2.75) is 0 Å². The molecule has 0 radical (unpaired) electrons. The molecule has 1 N–H and O–H groups in total. The van der Waals surface area contributed by atoms with Crippen LogP contribution in [0.2, 0.25) is 0 Å². The molecule has 0 saturated carbocycles. The Hall–Kier alpha value is -2.55. The monoisotopic (exact) mass is 215 g/mol. The second kappa shape index (κ2) is 4.31. The number of rotatable bonds is 2. The molecule has 0 unspecified atom stereocenters. The summed E-state index contributed by atoms with van der Waals surface area (Å²) in [4.78, 5) is 11.3. The Morgan fingerprint density at radius 3 is 2.62 bits per heavy atom. The number of nitrogens with one attached hydrogen (secondary N) is 1. The van der Waals surface area contributed by atoms with Crippen LogP contribution >= 0.6 is 0 Å². The number of aromatic nitrogens is 3. The molecule has 0 atom stereocenters. The van der Waals surface area contributed by atoms with Gasteiger partial charge in [-0.1, -0.05) is 0 Å². The molecule has 6 heteroatoms. The Kier molecular flexibility index (Phi) is 2.69. The third-order valence-electron chi connectivity index (χ3n) is 1.74. The number of anilines is 2. The van der Waals surface area contributed by atoms with E-state index in [-0.39, 0.29) is 5.95 Å². The zero-order valence-corrected chi connectivity index (χ0v) is 8.05. The second-order valence-corrected chi connectivity index (χ2v) is 2.92. The molecule has 0 amide bonds. The van der Waals surface area contributed by atoms with Crippen molar-refractivity contribution in [1.29, 1.82) is 5.26 Å². The molecule has 0 aliphatic carbocycles. The molecular weight excluding hydrogens is 209 g/mol. The summed E-state index contributed by atoms with van der Waals surface area (Å²) < 4.78 is 12.5. The number of pyridine rings is 1. The van der Waals surface area contributed by atoms with E-state index in [1.54, 1.807) is 6.07 Å². The maximum absolute atomic E-state index is 12.5. The highest BCUT2D eigenvalue weighted by atomic mass is 19.1. The Balaban J connectivity index is 2.21. The van der Waals surface area contributed by atoms with Gasteiger partial charge in [0, 0.05) is 6.20 Å². The van der Waals surface area contributed by atoms with Gasteiger partial charge in [0.25, 0.3) is 0 Å². The Bertz CT molecular complexity index is 532. The largest absolute Gasteiger partial charge is 0.323 e. The van der Waals surface area contributed by atoms with Crippen LogP contribution in [0.15, 0.2) is 30.9 Å². The fraction of sp³-hybridized carbons (Fsp3) is 0. The maximum Gasteiger partial charge on any atom is 0.227 e. The lowest BCUT2D eigenvalue weighted by Crippen LogP contribution is -1.97. The average Bonchev–Trinajstić information content (AvgIpc) is 2.32. The Morgan fingerprint density at radius 2 is 1.94 bits per heavy atom. The van der Waals surface area contributed by atoms with Gasteiger partial charge in [-0.15, -0.1) is 0 Å². The lowest BCUT2D eigenvalue weighted by atomic mass is 10.3. The third kappa shape index (κ3) is 2.27. The first-order valence-corrected chi connectivity index (χ1v) is 4.37. The first kappa shape index (κ1) is 9.98. The van der Waals surface area contributed by atoms with Crippen LogP contribution in [0.3, 0.4) is 0 Å². The predicted molar refractivity (Wildman–Crippen MR) is 54.2 cm³/mol. The first-order valence-electron chi connectivity index (χ1n) is 4.37. The van der Waals surface area contributed by atoms with Crippen LogP contribution < -0.4 is 5.32 Å². The zero-order chi connectivity index (χ0) is 11.4. The molecule has 2 rings (SSSR count). The molecule has 0 spiro atoms. The van der Waals surface area contributed by atoms with Gasteiger partial charge in [-0.25, -0.2) is 14.4 Å². The van der Waals surface area contributed by atoms with Crippen molar-refractivity contribution in [3.8, 4) is 6.07 Å². The first-order chi connectivity index (χ1) is 7.78. The minimum absolute atomic E-state index is 0.248. The highest BCUT2D eigenvalue weighted by Crippen LogP contribution is 2.12. The van der Waals surface area contributed by atoms with Crippen LogP contribution in [0, 0.1) is 17.1 Å². The predicted octanol–water partition coefficient (Wildman–Crippen LogP) is 1.63. The van der Waals surface area contributed by atoms with Crippen LogP contribution in [0.4, 0.5) is 16.0 Å². The molecule has 0 bridgehead atoms. The van der Waals surface area contributed by atoms with Crippen LogP contribution in [-0.4, -0.2) is 15.0 Å². The third-order valence-corrected chi connectivity index (χ3v) is 1.74. The van der Waals surface area contributed by atoms with Crippen molar-refractivity contribution in [1.82, 2.24) is 15.0 Å². The quantitative estimate of drug-likeness (QED) is 0.823. The van der Waals surface area contributed by atoms with Crippen LogP contribution in [0.1, 0.15) is 5.56 Å². The number of halogens is 1. The minimum atomic E-state index is -0.505. The van der Waals surface area contributed by atoms with Gasteiger partial charge in [0.15, 0.2) is 5.82 Å². The van der Waals surface area contributed by atoms with Crippen molar-refractivity contribution in [3.05, 3.63) is 42.2 Å². The van der Waals surface area contributed by atoms with E-state index in [0.717, 1.165) is 12.4 Å². The second-order valence-electron chi connectivity index (χ2n) is 2.92. The molecule has 2 heterocycles. The van der Waals surface area contributed by atoms with Gasteiger partial charge in [0.1, 0.15) is 6.07 Å². The summed E-state index contributed by atoms with van der Waals surface area (Å²) >= 11 is 0. The van der Waals surface area contributed by atoms with Gasteiger partial charge in [-0.05, 0) is 6.07 Å². The lowest BCUT2D eigenvalue weighted by Gasteiger charge is -2.03. The van der Waals surface area contributed by atoms with E-state index in [0.29, 0.717) is 11.3 Å². The van der Waals surface area contributed by atoms with Crippen molar-refractivity contribution < 1.29 is 4.39 Å². The topological polar surface area (TPSA) is 74.5 Å². The summed E-state index contributed by atoms with van der Waals surface area (Å²) in [6.07, 6.45) is 5.07. The van der Waals surface area contributed by atoms with E-state index in [1.165, 1.54) is 12.4 Å². The standard InChI is InChI=1S/C10H6FN5/c11-8-4-14-10(15-5-8)16-9-1-7(2-12)3-13-6-9/h1,3-6H,(H,14,15,16). The van der Waals surface area contributed by atoms with Gasteiger partial charge < -0.3 is 5.32 Å². The fourth-order valence-electron chi connectivity index (χ4n) is 1.08. The molecular formula is C10H6FN5. The van der Waals surface area contributed by atoms with Crippen LogP contribution in [0.25, 0.3) is 0 Å². The molecule has 0 fully saturated rings. The molecule has 2 aromatic heterocycles. The zero-order valence-electron chi connectivity index (χ0n) is 8.05. The molecule has 78 valence electrons. The van der Waals surface area contributed by atoms with Crippen LogP contribution in [-0.2, 0) is 0 Å². The summed E-state index contributed by atoms with van der Waals surface area (Å²) in [5.41, 5.74) is 0.998. The van der Waals surface area contributed by atoms with Crippen LogP contribution in [0.5, 0.6) is 0 Å². The smallest absolute Gasteiger partial charge is 0.227 e. The summed E-state index contributed by atoms with van der Waals surface area (Å²) in [6.45, 7) is 0. The van der Waals surface area contributed by atoms with Crippen molar-refractivity contribution in [2.75, 3.05) is 5.32 Å². The number of nitriles is 1. The highest BCUT2D eigenvalue weighted by Gasteiger charge is 1.99. The van der Waals surface area contributed by atoms with Gasteiger partial charge in [-0.2, -0.15) is 5.26 Å². The van der Waals surface area contributed by atoms with E-state index in [4.69, 9.17) is 5.26 Å². The molecule has 0 saturated heterocycles. The lowest BCUT2D eigenvalue weighted by molar-refractivity contribution is 0.614. The SMILES string of the molecule is N#Cc1cncc(Nc2ncc(F)cn2)c1. The number of nitrogens with zero attached hydrogens (tertiary/aromatic N) is 4. The number of hydrogen-bond donors (Lipinski definition) is 1. The minimum Gasteiger partial charge on any atom is -0.323 e. The molecule has 2 aromatic rings. The van der Waals surface area contributed by atoms with Gasteiger partial charge >= 0.3 is 0 Å². The van der Waals surface area contributed by atoms with E-state index >= 15 is 0 Å². The molecule has 16 heavy (non-hydrogen) atoms. The van der Waals surface area contributed by atoms with Crippen molar-refractivity contribution >= 4 is 11.6 Å². The van der Waals surface area contributed by atoms with Gasteiger partial charge in [-0.3, -0.25) is 4.98 Å². The molecule has 0 aromatic carbocycles. The Labute approximate surface area is 90.6 Å². The van der Waals surface area contributed by atoms with Gasteiger partial charge in [0.2, 0.25) is 5.95 Å². The molecule has 0 aliphatic rings. The summed E-state index contributed by atoms with van der Waals surface area (Å²) in [5.74, 6) is -0.257. The van der Waals surface area contributed by atoms with Crippen molar-refractivity contribution in [3.63, 3.8) is 0 Å². The average molecular weight is 215 g/mol. The van der Waals surface area contributed by atoms with Gasteiger partial charge in [0.05, 0.1) is 29.8 Å². The van der Waals surface area contributed by atoms with E-state index in [9.17, 15) is 4.39 Å². The molecule has 5 nitrogen and oxygen atoms in total. The summed E-state index contributed by atoms with van der Waals surface area (Å²) in [6, 6.07) is 3.56. The summed E-state index contributed by atoms with van der Waals surface area (Å²) in [5, 5.41) is 11.5. The van der Waals surface area contributed by atoms with Crippen molar-refractivity contribution in [2.24, 2.45) is 0 Å². The molecule has 0 aliphatic heterocycles. The van der Waals surface area contributed by atoms with E-state index in [1.807, 2.05) is 6.07 Å². The number of hydrogen-bond acceptors (Lipinski definition) is 5. The van der Waals surface area contributed by atoms with E-state index < -0.39 is 5.82 Å². The normalized spacial score (nSPS) is 9.50. The Morgan fingerprint density at radius 1 is 1.19 bits per heavy atom. The highest BCUT2D eigenvalue weighted by molar-refractivity contribution is 5.53. The van der Waals surface area contributed by atoms with E-state index in [2.05, 4.69) is 20.3 Å². The maximum atomic E-state index is 12.5.